The molecule has 1 aromatic heterocycles. The number of nitrogens with zero attached hydrogens (tertiary/aromatic N) is 5. The summed E-state index contributed by atoms with van der Waals surface area (Å²) < 4.78 is 0. The molecule has 134 valence electrons. The Bertz CT molecular complexity index is 900. The van der Waals surface area contributed by atoms with Gasteiger partial charge in [0.2, 0.25) is 0 Å². The molecule has 2 N–H and O–H groups in total. The van der Waals surface area contributed by atoms with Crippen molar-refractivity contribution in [1.82, 2.24) is 15.0 Å². The lowest BCUT2D eigenvalue weighted by Gasteiger charge is -2.15. The van der Waals surface area contributed by atoms with Crippen LogP contribution in [0.1, 0.15) is 26.7 Å². The van der Waals surface area contributed by atoms with Crippen molar-refractivity contribution in [2.75, 3.05) is 18.8 Å². The Morgan fingerprint density at radius 3 is 2.38 bits per heavy atom. The van der Waals surface area contributed by atoms with Crippen LogP contribution in [0, 0.1) is 0 Å². The highest BCUT2D eigenvalue weighted by molar-refractivity contribution is 5.90. The standard InChI is InChI=1S/C20H24N6/c1-3-13-26(14-4-2)25-24-18-12-8-6-10-16(18)20-22-17-11-7-5-9-15(17)19(21)23-20/h5-12H,3-4,13-14H2,1-2H3,(H2,21,22,23). The molecule has 0 atom stereocenters. The Morgan fingerprint density at radius 2 is 1.62 bits per heavy atom. The van der Waals surface area contributed by atoms with Crippen molar-refractivity contribution in [3.05, 3.63) is 48.5 Å². The fraction of sp³-hybridized carbons (Fsp3) is 0.300. The molecule has 0 saturated carbocycles. The molecule has 0 aliphatic carbocycles. The molecule has 6 heteroatoms. The SMILES string of the molecule is CCCN(CCC)N=Nc1ccccc1-c1nc(N)c2ccccc2n1. The number of rotatable bonds is 7. The van der Waals surface area contributed by atoms with Gasteiger partial charge in [-0.05, 0) is 37.1 Å². The molecule has 6 nitrogen and oxygen atoms in total. The van der Waals surface area contributed by atoms with E-state index < -0.39 is 0 Å². The van der Waals surface area contributed by atoms with E-state index in [1.807, 2.05) is 53.5 Å². The Morgan fingerprint density at radius 1 is 0.923 bits per heavy atom. The van der Waals surface area contributed by atoms with Gasteiger partial charge in [0.15, 0.2) is 5.82 Å². The molecular weight excluding hydrogens is 324 g/mol. The predicted molar refractivity (Wildman–Crippen MR) is 106 cm³/mol. The number of hydrogen-bond donors (Lipinski definition) is 1. The van der Waals surface area contributed by atoms with Crippen LogP contribution in [0.15, 0.2) is 58.9 Å². The van der Waals surface area contributed by atoms with Gasteiger partial charge in [0.1, 0.15) is 5.82 Å². The summed E-state index contributed by atoms with van der Waals surface area (Å²) in [7, 11) is 0. The number of benzene rings is 2. The zero-order valence-corrected chi connectivity index (χ0v) is 15.3. The molecule has 0 fully saturated rings. The van der Waals surface area contributed by atoms with E-state index >= 15 is 0 Å². The quantitative estimate of drug-likeness (QED) is 0.481. The van der Waals surface area contributed by atoms with Crippen LogP contribution in [-0.4, -0.2) is 28.1 Å². The molecule has 0 bridgehead atoms. The summed E-state index contributed by atoms with van der Waals surface area (Å²) in [5, 5.41) is 11.7. The third-order valence-electron chi connectivity index (χ3n) is 4.02. The first-order valence-corrected chi connectivity index (χ1v) is 9.01. The van der Waals surface area contributed by atoms with E-state index in [0.29, 0.717) is 11.6 Å². The lowest BCUT2D eigenvalue weighted by molar-refractivity contribution is 0.271. The second-order valence-electron chi connectivity index (χ2n) is 6.11. The Labute approximate surface area is 153 Å². The van der Waals surface area contributed by atoms with Crippen LogP contribution in [0.4, 0.5) is 11.5 Å². The first-order valence-electron chi connectivity index (χ1n) is 9.01. The van der Waals surface area contributed by atoms with Crippen molar-refractivity contribution >= 4 is 22.4 Å². The first kappa shape index (κ1) is 17.8. The minimum atomic E-state index is 0.468. The molecule has 3 aromatic rings. The fourth-order valence-electron chi connectivity index (χ4n) is 2.80. The minimum absolute atomic E-state index is 0.468. The van der Waals surface area contributed by atoms with Crippen LogP contribution < -0.4 is 5.73 Å². The number of fused-ring (bicyclic) bond motifs is 1. The van der Waals surface area contributed by atoms with E-state index in [4.69, 9.17) is 5.73 Å². The summed E-state index contributed by atoms with van der Waals surface area (Å²) in [5.74, 6) is 1.03. The van der Waals surface area contributed by atoms with Gasteiger partial charge < -0.3 is 5.73 Å². The summed E-state index contributed by atoms with van der Waals surface area (Å²) >= 11 is 0. The maximum absolute atomic E-state index is 6.13. The topological polar surface area (TPSA) is 79.8 Å². The van der Waals surface area contributed by atoms with Crippen molar-refractivity contribution in [3.8, 4) is 11.4 Å². The van der Waals surface area contributed by atoms with Gasteiger partial charge in [0.05, 0.1) is 11.2 Å². The Hall–Kier alpha value is -3.02. The largest absolute Gasteiger partial charge is 0.383 e. The highest BCUT2D eigenvalue weighted by Gasteiger charge is 2.11. The predicted octanol–water partition coefficient (Wildman–Crippen LogP) is 5.00. The highest BCUT2D eigenvalue weighted by Crippen LogP contribution is 2.30. The minimum Gasteiger partial charge on any atom is -0.383 e. The molecule has 0 saturated heterocycles. The fourth-order valence-corrected chi connectivity index (χ4v) is 2.80. The smallest absolute Gasteiger partial charge is 0.164 e. The molecule has 1 heterocycles. The average molecular weight is 348 g/mol. The second-order valence-corrected chi connectivity index (χ2v) is 6.11. The summed E-state index contributed by atoms with van der Waals surface area (Å²) in [6.45, 7) is 6.05. The number of anilines is 1. The van der Waals surface area contributed by atoms with E-state index in [0.717, 1.165) is 48.1 Å². The third-order valence-corrected chi connectivity index (χ3v) is 4.02. The van der Waals surface area contributed by atoms with Crippen LogP contribution in [0.2, 0.25) is 0 Å². The van der Waals surface area contributed by atoms with Gasteiger partial charge in [-0.25, -0.2) is 9.97 Å². The van der Waals surface area contributed by atoms with Crippen LogP contribution in [0.5, 0.6) is 0 Å². The summed E-state index contributed by atoms with van der Waals surface area (Å²) in [5.41, 5.74) is 8.51. The van der Waals surface area contributed by atoms with Gasteiger partial charge in [0.25, 0.3) is 0 Å². The molecule has 0 spiro atoms. The zero-order valence-electron chi connectivity index (χ0n) is 15.3. The third kappa shape index (κ3) is 3.96. The van der Waals surface area contributed by atoms with Crippen molar-refractivity contribution < 1.29 is 0 Å². The van der Waals surface area contributed by atoms with Crippen molar-refractivity contribution in [2.24, 2.45) is 10.3 Å². The first-order chi connectivity index (χ1) is 12.7. The van der Waals surface area contributed by atoms with Crippen molar-refractivity contribution in [2.45, 2.75) is 26.7 Å². The van der Waals surface area contributed by atoms with Crippen LogP contribution >= 0.6 is 0 Å². The normalized spacial score (nSPS) is 11.3. The van der Waals surface area contributed by atoms with Gasteiger partial charge in [-0.2, -0.15) is 0 Å². The maximum Gasteiger partial charge on any atom is 0.164 e. The number of nitrogen functional groups attached to an aromatic ring is 1. The van der Waals surface area contributed by atoms with Crippen LogP contribution in [0.25, 0.3) is 22.3 Å². The van der Waals surface area contributed by atoms with E-state index in [1.165, 1.54) is 0 Å². The lowest BCUT2D eigenvalue weighted by atomic mass is 10.1. The monoisotopic (exact) mass is 348 g/mol. The number of hydrogen-bond acceptors (Lipinski definition) is 5. The zero-order chi connectivity index (χ0) is 18.4. The van der Waals surface area contributed by atoms with Gasteiger partial charge in [-0.15, -0.1) is 5.11 Å². The van der Waals surface area contributed by atoms with E-state index in [9.17, 15) is 0 Å². The molecule has 0 aliphatic heterocycles. The summed E-state index contributed by atoms with van der Waals surface area (Å²) in [6.07, 6.45) is 2.07. The molecule has 0 amide bonds. The van der Waals surface area contributed by atoms with Gasteiger partial charge >= 0.3 is 0 Å². The molecule has 26 heavy (non-hydrogen) atoms. The van der Waals surface area contributed by atoms with Gasteiger partial charge in [0, 0.05) is 24.0 Å². The second kappa shape index (κ2) is 8.38. The average Bonchev–Trinajstić information content (AvgIpc) is 2.67. The Balaban J connectivity index is 1.99. The maximum atomic E-state index is 6.13. The molecule has 0 aliphatic rings. The summed E-state index contributed by atoms with van der Waals surface area (Å²) in [4.78, 5) is 9.14. The Kier molecular flexibility index (Phi) is 5.73. The van der Waals surface area contributed by atoms with E-state index in [1.54, 1.807) is 0 Å². The van der Waals surface area contributed by atoms with Crippen molar-refractivity contribution in [3.63, 3.8) is 0 Å². The van der Waals surface area contributed by atoms with E-state index in [-0.39, 0.29) is 0 Å². The lowest BCUT2D eigenvalue weighted by Crippen LogP contribution is -2.18. The van der Waals surface area contributed by atoms with E-state index in [2.05, 4.69) is 34.2 Å². The number of para-hydroxylation sites is 1. The van der Waals surface area contributed by atoms with Crippen LogP contribution in [-0.2, 0) is 0 Å². The van der Waals surface area contributed by atoms with Crippen molar-refractivity contribution in [1.29, 1.82) is 0 Å². The van der Waals surface area contributed by atoms with Gasteiger partial charge in [-0.3, -0.25) is 5.01 Å². The van der Waals surface area contributed by atoms with Gasteiger partial charge in [-0.1, -0.05) is 43.3 Å². The number of nitrogens with two attached hydrogens (primary N) is 1. The molecular formula is C20H24N6. The number of aromatic nitrogens is 2. The molecule has 2 aromatic carbocycles. The van der Waals surface area contributed by atoms with Crippen LogP contribution in [0.3, 0.4) is 0 Å². The molecule has 0 radical (unpaired) electrons. The summed E-state index contributed by atoms with van der Waals surface area (Å²) in [6, 6.07) is 15.5. The highest BCUT2D eigenvalue weighted by atomic mass is 15.5. The molecule has 0 unspecified atom stereocenters. The molecule has 3 rings (SSSR count).